The fourth-order valence-corrected chi connectivity index (χ4v) is 1.48. The fourth-order valence-electron chi connectivity index (χ4n) is 1.28. The van der Waals surface area contributed by atoms with E-state index >= 15 is 0 Å². The average molecular weight is 293 g/mol. The molecule has 1 rings (SSSR count). The third kappa shape index (κ3) is 4.38. The van der Waals surface area contributed by atoms with Gasteiger partial charge in [-0.25, -0.2) is 4.79 Å². The lowest BCUT2D eigenvalue weighted by Gasteiger charge is -2.22. The number of nitrogens with one attached hydrogen (secondary N) is 1. The lowest BCUT2D eigenvalue weighted by Crippen LogP contribution is -2.38. The van der Waals surface area contributed by atoms with Crippen molar-refractivity contribution in [3.05, 3.63) is 21.6 Å². The highest BCUT2D eigenvalue weighted by Gasteiger charge is 2.27. The Hall–Kier alpha value is -1.87. The molecule has 0 radical (unpaired) electrons. The topological polar surface area (TPSA) is 120 Å². The summed E-state index contributed by atoms with van der Waals surface area (Å²) in [5.41, 5.74) is -1.44. The number of hydrogen-bond acceptors (Lipinski definition) is 6. The van der Waals surface area contributed by atoms with Crippen LogP contribution in [0.4, 0.5) is 10.6 Å². The van der Waals surface area contributed by atoms with Crippen molar-refractivity contribution in [1.29, 1.82) is 0 Å². The molecule has 2 N–H and O–H groups in total. The normalized spacial score (nSPS) is 13.7. The van der Waals surface area contributed by atoms with Gasteiger partial charge in [0.1, 0.15) is 18.4 Å². The van der Waals surface area contributed by atoms with E-state index in [1.807, 2.05) is 0 Å². The predicted molar refractivity (Wildman–Crippen MR) is 64.9 cm³/mol. The molecule has 0 spiro atoms. The highest BCUT2D eigenvalue weighted by molar-refractivity contribution is 6.28. The predicted octanol–water partition coefficient (Wildman–Crippen LogP) is 0.552. The summed E-state index contributed by atoms with van der Waals surface area (Å²) in [6, 6.07) is 0. The van der Waals surface area contributed by atoms with Crippen molar-refractivity contribution in [2.24, 2.45) is 0 Å². The summed E-state index contributed by atoms with van der Waals surface area (Å²) < 4.78 is 5.91. The van der Waals surface area contributed by atoms with Gasteiger partial charge < -0.3 is 25.3 Å². The van der Waals surface area contributed by atoms with Gasteiger partial charge in [0.15, 0.2) is 0 Å². The molecular formula is C9H13ClN4O5. The van der Waals surface area contributed by atoms with E-state index in [1.165, 1.54) is 18.5 Å². The number of amides is 1. The number of alkyl carbamates (subject to hydrolysis) is 1. The number of rotatable bonds is 5. The van der Waals surface area contributed by atoms with E-state index in [4.69, 9.17) is 16.3 Å². The van der Waals surface area contributed by atoms with Crippen LogP contribution in [0.1, 0.15) is 6.92 Å². The second-order valence-corrected chi connectivity index (χ2v) is 4.41. The number of nitrogens with zero attached hydrogens (tertiary/aromatic N) is 3. The highest BCUT2D eigenvalue weighted by atomic mass is 35.5. The third-order valence-electron chi connectivity index (χ3n) is 2.13. The molecule has 0 aliphatic rings. The van der Waals surface area contributed by atoms with Crippen molar-refractivity contribution in [3.63, 3.8) is 0 Å². The molecule has 1 atom stereocenters. The van der Waals surface area contributed by atoms with E-state index in [0.717, 1.165) is 6.20 Å². The van der Waals surface area contributed by atoms with Gasteiger partial charge >= 0.3 is 17.2 Å². The van der Waals surface area contributed by atoms with Gasteiger partial charge in [-0.15, -0.1) is 0 Å². The maximum absolute atomic E-state index is 10.9. The minimum absolute atomic E-state index is 0.107. The average Bonchev–Trinajstić information content (AvgIpc) is 2.67. The minimum Gasteiger partial charge on any atom is -0.446 e. The zero-order valence-corrected chi connectivity index (χ0v) is 11.0. The SMILES string of the molecule is CNC(=O)OCC(C)(O)Cn1cc([N+](=O)[O-])nc1Cl. The van der Waals surface area contributed by atoms with E-state index in [0.29, 0.717) is 0 Å². The van der Waals surface area contributed by atoms with Crippen LogP contribution >= 0.6 is 11.6 Å². The third-order valence-corrected chi connectivity index (χ3v) is 2.43. The molecule has 0 aliphatic carbocycles. The molecule has 0 saturated heterocycles. The number of ether oxygens (including phenoxy) is 1. The van der Waals surface area contributed by atoms with Crippen molar-refractivity contribution >= 4 is 23.5 Å². The lowest BCUT2D eigenvalue weighted by molar-refractivity contribution is -0.389. The molecule has 0 bridgehead atoms. The molecule has 0 aromatic carbocycles. The Kier molecular flexibility index (Phi) is 4.67. The molecule has 0 fully saturated rings. The standard InChI is InChI=1S/C9H13ClN4O5/c1-9(16,5-19-8(15)11-2)4-13-3-6(14(17)18)12-7(13)10/h3,16H,4-5H2,1-2H3,(H,11,15). The first-order valence-electron chi connectivity index (χ1n) is 5.19. The van der Waals surface area contributed by atoms with Crippen molar-refractivity contribution in [3.8, 4) is 0 Å². The summed E-state index contributed by atoms with van der Waals surface area (Å²) in [5, 5.41) is 22.6. The van der Waals surface area contributed by atoms with E-state index < -0.39 is 22.4 Å². The van der Waals surface area contributed by atoms with Crippen LogP contribution < -0.4 is 5.32 Å². The van der Waals surface area contributed by atoms with E-state index in [9.17, 15) is 20.0 Å². The molecule has 1 amide bonds. The smallest absolute Gasteiger partial charge is 0.406 e. The fraction of sp³-hybridized carbons (Fsp3) is 0.556. The van der Waals surface area contributed by atoms with Gasteiger partial charge in [-0.3, -0.25) is 4.57 Å². The zero-order valence-electron chi connectivity index (χ0n) is 10.3. The molecular weight excluding hydrogens is 280 g/mol. The molecule has 1 heterocycles. The Morgan fingerprint density at radius 1 is 1.79 bits per heavy atom. The number of carbonyl (C=O) groups excluding carboxylic acids is 1. The van der Waals surface area contributed by atoms with Crippen LogP contribution in [0.25, 0.3) is 0 Å². The first kappa shape index (κ1) is 15.2. The van der Waals surface area contributed by atoms with Gasteiger partial charge in [0.25, 0.3) is 0 Å². The molecule has 1 aromatic heterocycles. The number of carbonyl (C=O) groups is 1. The van der Waals surface area contributed by atoms with E-state index in [-0.39, 0.29) is 18.4 Å². The molecule has 19 heavy (non-hydrogen) atoms. The van der Waals surface area contributed by atoms with Gasteiger partial charge in [-0.2, -0.15) is 0 Å². The van der Waals surface area contributed by atoms with Crippen LogP contribution in [0.3, 0.4) is 0 Å². The highest BCUT2D eigenvalue weighted by Crippen LogP contribution is 2.18. The quantitative estimate of drug-likeness (QED) is 0.604. The summed E-state index contributed by atoms with van der Waals surface area (Å²) in [6.45, 7) is 0.997. The van der Waals surface area contributed by atoms with Crippen molar-refractivity contribution in [2.45, 2.75) is 19.1 Å². The number of halogens is 1. The lowest BCUT2D eigenvalue weighted by atomic mass is 10.1. The second kappa shape index (κ2) is 5.85. The Morgan fingerprint density at radius 3 is 2.89 bits per heavy atom. The number of aliphatic hydroxyl groups is 1. The van der Waals surface area contributed by atoms with Gasteiger partial charge in [-0.05, 0) is 28.4 Å². The van der Waals surface area contributed by atoms with Crippen LogP contribution in [-0.4, -0.2) is 44.9 Å². The van der Waals surface area contributed by atoms with Crippen LogP contribution in [0.2, 0.25) is 5.28 Å². The molecule has 0 aliphatic heterocycles. The van der Waals surface area contributed by atoms with Crippen LogP contribution in [0.5, 0.6) is 0 Å². The molecule has 1 aromatic rings. The monoisotopic (exact) mass is 292 g/mol. The van der Waals surface area contributed by atoms with Gasteiger partial charge in [-0.1, -0.05) is 0 Å². The van der Waals surface area contributed by atoms with Crippen molar-refractivity contribution < 1.29 is 19.6 Å². The molecule has 106 valence electrons. The van der Waals surface area contributed by atoms with Gasteiger partial charge in [0, 0.05) is 7.05 Å². The van der Waals surface area contributed by atoms with Crippen LogP contribution in [-0.2, 0) is 11.3 Å². The second-order valence-electron chi connectivity index (χ2n) is 4.08. The number of imidazole rings is 1. The maximum atomic E-state index is 10.9. The first-order chi connectivity index (χ1) is 8.75. The largest absolute Gasteiger partial charge is 0.446 e. The van der Waals surface area contributed by atoms with Crippen molar-refractivity contribution in [2.75, 3.05) is 13.7 Å². The Morgan fingerprint density at radius 2 is 2.42 bits per heavy atom. The minimum atomic E-state index is -1.44. The van der Waals surface area contributed by atoms with Crippen LogP contribution in [0.15, 0.2) is 6.20 Å². The molecule has 10 heteroatoms. The number of aromatic nitrogens is 2. The summed E-state index contributed by atoms with van der Waals surface area (Å²) in [5.74, 6) is -0.423. The molecule has 9 nitrogen and oxygen atoms in total. The zero-order chi connectivity index (χ0) is 14.6. The Balaban J connectivity index is 2.71. The van der Waals surface area contributed by atoms with E-state index in [1.54, 1.807) is 0 Å². The van der Waals surface area contributed by atoms with Crippen molar-refractivity contribution in [1.82, 2.24) is 14.9 Å². The summed E-state index contributed by atoms with van der Waals surface area (Å²) >= 11 is 5.70. The van der Waals surface area contributed by atoms with Gasteiger partial charge in [0.2, 0.25) is 0 Å². The molecule has 0 saturated carbocycles. The van der Waals surface area contributed by atoms with E-state index in [2.05, 4.69) is 10.3 Å². The Bertz CT molecular complexity index is 487. The van der Waals surface area contributed by atoms with Gasteiger partial charge in [0.05, 0.1) is 6.54 Å². The maximum Gasteiger partial charge on any atom is 0.406 e. The summed E-state index contributed by atoms with van der Waals surface area (Å²) in [7, 11) is 1.38. The van der Waals surface area contributed by atoms with Crippen LogP contribution in [0, 0.1) is 10.1 Å². The number of nitro groups is 1. The Labute approximate surface area is 113 Å². The summed E-state index contributed by atoms with van der Waals surface area (Å²) in [4.78, 5) is 24.2. The summed E-state index contributed by atoms with van der Waals surface area (Å²) in [6.07, 6.45) is 0.402. The first-order valence-corrected chi connectivity index (χ1v) is 5.57. The molecule has 1 unspecified atom stereocenters. The number of hydrogen-bond donors (Lipinski definition) is 2.